The molecule has 2 fully saturated rings. The molecule has 11 nitrogen and oxygen atoms in total. The number of aromatic nitrogens is 3. The Morgan fingerprint density at radius 1 is 0.979 bits per heavy atom. The SMILES string of the molecule is CS(=O)(=O)N1CCN(Cc2cc3nc(N/N=C\c4cn(Cc5c(Cl)cccc5Cl)c5ccccc45)nc(N4CCOCC4)c3s2)CC1. The first-order chi connectivity index (χ1) is 22.7. The van der Waals surface area contributed by atoms with Crippen LogP contribution in [0.15, 0.2) is 59.8 Å². The molecule has 3 aromatic heterocycles. The zero-order valence-electron chi connectivity index (χ0n) is 25.8. The minimum Gasteiger partial charge on any atom is -0.378 e. The Balaban J connectivity index is 1.14. The normalized spacial score (nSPS) is 17.0. The molecule has 2 saturated heterocycles. The van der Waals surface area contributed by atoms with E-state index in [1.165, 1.54) is 6.26 Å². The van der Waals surface area contributed by atoms with E-state index in [2.05, 4.69) is 43.1 Å². The number of ether oxygens (including phenoxy) is 1. The van der Waals surface area contributed by atoms with Crippen molar-refractivity contribution in [2.75, 3.05) is 69.1 Å². The van der Waals surface area contributed by atoms with Gasteiger partial charge in [0.25, 0.3) is 0 Å². The average molecular weight is 714 g/mol. The predicted molar refractivity (Wildman–Crippen MR) is 191 cm³/mol. The van der Waals surface area contributed by atoms with Crippen LogP contribution in [0.2, 0.25) is 10.0 Å². The van der Waals surface area contributed by atoms with E-state index in [4.69, 9.17) is 37.9 Å². The molecule has 1 N–H and O–H groups in total. The van der Waals surface area contributed by atoms with Crippen LogP contribution < -0.4 is 10.3 Å². The number of halogens is 2. The highest BCUT2D eigenvalue weighted by molar-refractivity contribution is 7.88. The van der Waals surface area contributed by atoms with E-state index >= 15 is 0 Å². The van der Waals surface area contributed by atoms with E-state index < -0.39 is 10.0 Å². The molecule has 5 heterocycles. The molecule has 0 aliphatic carbocycles. The van der Waals surface area contributed by atoms with Crippen molar-refractivity contribution in [2.45, 2.75) is 13.1 Å². The number of hydrazone groups is 1. The summed E-state index contributed by atoms with van der Waals surface area (Å²) in [6.07, 6.45) is 5.09. The molecule has 0 spiro atoms. The smallest absolute Gasteiger partial charge is 0.246 e. The van der Waals surface area contributed by atoms with Crippen molar-refractivity contribution in [2.24, 2.45) is 5.10 Å². The molecule has 2 aliphatic rings. The fourth-order valence-electron chi connectivity index (χ4n) is 6.04. The summed E-state index contributed by atoms with van der Waals surface area (Å²) in [5.74, 6) is 1.27. The number of nitrogens with zero attached hydrogens (tertiary/aromatic N) is 7. The largest absolute Gasteiger partial charge is 0.378 e. The number of sulfonamides is 1. The molecule has 47 heavy (non-hydrogen) atoms. The maximum Gasteiger partial charge on any atom is 0.246 e. The van der Waals surface area contributed by atoms with Crippen LogP contribution in [0.4, 0.5) is 11.8 Å². The fraction of sp³-hybridized carbons (Fsp3) is 0.344. The standard InChI is InChI=1S/C32H34Cl2N8O3S2/c1-47(43,44)42-11-9-39(10-12-42)20-23-17-28-30(46-23)31(40-13-15-45-16-14-40)37-32(36-28)38-35-18-22-19-41(29-8-3-2-5-24(22)29)21-25-26(33)6-4-7-27(25)34/h2-8,17-19H,9-16,20-21H2,1H3,(H,36,37,38)/b35-18-. The summed E-state index contributed by atoms with van der Waals surface area (Å²) in [6.45, 7) is 6.39. The number of anilines is 2. The Hall–Kier alpha value is -3.30. The zero-order valence-corrected chi connectivity index (χ0v) is 28.9. The Morgan fingerprint density at radius 3 is 2.47 bits per heavy atom. The fourth-order valence-corrected chi connectivity index (χ4v) is 8.54. The van der Waals surface area contributed by atoms with Crippen LogP contribution in [0.25, 0.3) is 21.1 Å². The van der Waals surface area contributed by atoms with Gasteiger partial charge in [0.05, 0.1) is 42.4 Å². The zero-order chi connectivity index (χ0) is 32.5. The van der Waals surface area contributed by atoms with Gasteiger partial charge in [-0.05, 0) is 24.3 Å². The predicted octanol–water partition coefficient (Wildman–Crippen LogP) is 5.36. The quantitative estimate of drug-likeness (QED) is 0.161. The summed E-state index contributed by atoms with van der Waals surface area (Å²) in [7, 11) is -3.17. The van der Waals surface area contributed by atoms with E-state index in [1.807, 2.05) is 36.5 Å². The van der Waals surface area contributed by atoms with Crippen LogP contribution >= 0.6 is 34.5 Å². The van der Waals surface area contributed by atoms with Gasteiger partial charge in [-0.2, -0.15) is 14.4 Å². The molecule has 7 rings (SSSR count). The summed E-state index contributed by atoms with van der Waals surface area (Å²) >= 11 is 14.7. The summed E-state index contributed by atoms with van der Waals surface area (Å²) in [6, 6.07) is 15.8. The van der Waals surface area contributed by atoms with Crippen molar-refractivity contribution in [3.8, 4) is 0 Å². The van der Waals surface area contributed by atoms with Crippen molar-refractivity contribution in [3.05, 3.63) is 80.8 Å². The molecule has 2 aliphatic heterocycles. The van der Waals surface area contributed by atoms with E-state index in [0.29, 0.717) is 61.9 Å². The molecule has 0 unspecified atom stereocenters. The van der Waals surface area contributed by atoms with Crippen LogP contribution in [0.1, 0.15) is 16.0 Å². The lowest BCUT2D eigenvalue weighted by molar-refractivity contribution is 0.122. The van der Waals surface area contributed by atoms with Crippen molar-refractivity contribution < 1.29 is 13.2 Å². The van der Waals surface area contributed by atoms with Gasteiger partial charge in [0, 0.05) is 89.0 Å². The minimum absolute atomic E-state index is 0.410. The highest BCUT2D eigenvalue weighted by Gasteiger charge is 2.25. The second kappa shape index (κ2) is 13.7. The first-order valence-corrected chi connectivity index (χ1v) is 18.8. The topological polar surface area (TPSA) is 108 Å². The van der Waals surface area contributed by atoms with Crippen LogP contribution in [0.3, 0.4) is 0 Å². The highest BCUT2D eigenvalue weighted by atomic mass is 35.5. The number of para-hydroxylation sites is 1. The number of hydrogen-bond acceptors (Lipinski definition) is 10. The molecular weight excluding hydrogens is 679 g/mol. The lowest BCUT2D eigenvalue weighted by Gasteiger charge is -2.32. The maximum atomic E-state index is 11.9. The van der Waals surface area contributed by atoms with Crippen LogP contribution in [-0.4, -0.2) is 97.1 Å². The van der Waals surface area contributed by atoms with Gasteiger partial charge in [-0.1, -0.05) is 47.5 Å². The molecule has 0 bridgehead atoms. The van der Waals surface area contributed by atoms with E-state index in [-0.39, 0.29) is 0 Å². The third kappa shape index (κ3) is 7.12. The summed E-state index contributed by atoms with van der Waals surface area (Å²) < 4.78 is 34.2. The maximum absolute atomic E-state index is 11.9. The van der Waals surface area contributed by atoms with Crippen molar-refractivity contribution >= 4 is 83.7 Å². The Morgan fingerprint density at radius 2 is 1.72 bits per heavy atom. The molecule has 2 aromatic carbocycles. The molecule has 0 amide bonds. The van der Waals surface area contributed by atoms with Gasteiger partial charge < -0.3 is 14.2 Å². The van der Waals surface area contributed by atoms with E-state index in [0.717, 1.165) is 62.6 Å². The first-order valence-electron chi connectivity index (χ1n) is 15.3. The number of fused-ring (bicyclic) bond motifs is 2. The second-order valence-corrected chi connectivity index (χ2v) is 15.6. The summed E-state index contributed by atoms with van der Waals surface area (Å²) in [5, 5.41) is 6.87. The monoisotopic (exact) mass is 712 g/mol. The molecule has 5 aromatic rings. The third-order valence-electron chi connectivity index (χ3n) is 8.47. The Bertz CT molecular complexity index is 2030. The van der Waals surface area contributed by atoms with Crippen molar-refractivity contribution in [1.82, 2.24) is 23.7 Å². The molecule has 246 valence electrons. The van der Waals surface area contributed by atoms with Gasteiger partial charge in [0.15, 0.2) is 5.82 Å². The number of piperazine rings is 1. The van der Waals surface area contributed by atoms with Crippen LogP contribution in [0, 0.1) is 0 Å². The number of hydrogen-bond donors (Lipinski definition) is 1. The van der Waals surface area contributed by atoms with Gasteiger partial charge in [0.2, 0.25) is 16.0 Å². The van der Waals surface area contributed by atoms with Gasteiger partial charge in [-0.3, -0.25) is 4.90 Å². The number of nitrogens with one attached hydrogen (secondary N) is 1. The van der Waals surface area contributed by atoms with Gasteiger partial charge in [0.1, 0.15) is 0 Å². The van der Waals surface area contributed by atoms with Gasteiger partial charge >= 0.3 is 0 Å². The third-order valence-corrected chi connectivity index (χ3v) is 11.6. The van der Waals surface area contributed by atoms with Crippen LogP contribution in [0.5, 0.6) is 0 Å². The van der Waals surface area contributed by atoms with E-state index in [1.54, 1.807) is 21.9 Å². The number of thiophene rings is 1. The van der Waals surface area contributed by atoms with Gasteiger partial charge in [-0.15, -0.1) is 11.3 Å². The van der Waals surface area contributed by atoms with Gasteiger partial charge in [-0.25, -0.2) is 18.8 Å². The number of benzene rings is 2. The minimum atomic E-state index is -3.17. The first kappa shape index (κ1) is 32.3. The van der Waals surface area contributed by atoms with Crippen LogP contribution in [-0.2, 0) is 27.8 Å². The Labute approximate surface area is 287 Å². The lowest BCUT2D eigenvalue weighted by atomic mass is 10.2. The molecule has 0 radical (unpaired) electrons. The van der Waals surface area contributed by atoms with Crippen molar-refractivity contribution in [1.29, 1.82) is 0 Å². The number of rotatable bonds is 9. The lowest BCUT2D eigenvalue weighted by Crippen LogP contribution is -2.47. The number of morpholine rings is 1. The summed E-state index contributed by atoms with van der Waals surface area (Å²) in [4.78, 5) is 15.4. The highest BCUT2D eigenvalue weighted by Crippen LogP contribution is 2.34. The Kier molecular flexibility index (Phi) is 9.38. The molecular formula is C32H34Cl2N8O3S2. The molecule has 0 saturated carbocycles. The molecule has 15 heteroatoms. The van der Waals surface area contributed by atoms with E-state index in [9.17, 15) is 8.42 Å². The molecule has 0 atom stereocenters. The average Bonchev–Trinajstić information content (AvgIpc) is 3.63. The second-order valence-electron chi connectivity index (χ2n) is 11.6. The van der Waals surface area contributed by atoms with Crippen molar-refractivity contribution in [3.63, 3.8) is 0 Å². The summed E-state index contributed by atoms with van der Waals surface area (Å²) in [5.41, 5.74) is 6.77.